The van der Waals surface area contributed by atoms with E-state index in [4.69, 9.17) is 0 Å². The lowest BCUT2D eigenvalue weighted by Crippen LogP contribution is -2.24. The van der Waals surface area contributed by atoms with E-state index in [1.54, 1.807) is 11.3 Å². The molecular weight excluding hydrogens is 292 g/mol. The largest absolute Gasteiger partial charge is 0.316 e. The molecule has 7 heteroatoms. The second-order valence-electron chi connectivity index (χ2n) is 4.86. The van der Waals surface area contributed by atoms with Gasteiger partial charge in [-0.3, -0.25) is 4.79 Å². The van der Waals surface area contributed by atoms with Crippen molar-refractivity contribution in [2.75, 3.05) is 18.4 Å². The van der Waals surface area contributed by atoms with Crippen LogP contribution in [0.2, 0.25) is 0 Å². The molecule has 1 atom stereocenters. The van der Waals surface area contributed by atoms with Gasteiger partial charge in [-0.1, -0.05) is 0 Å². The van der Waals surface area contributed by atoms with E-state index < -0.39 is 0 Å². The zero-order valence-electron chi connectivity index (χ0n) is 11.4. The van der Waals surface area contributed by atoms with Crippen LogP contribution in [0.4, 0.5) is 5.13 Å². The maximum Gasteiger partial charge on any atom is 0.230 e. The molecule has 1 aliphatic heterocycles. The Labute approximate surface area is 125 Å². The number of nitrogens with zero attached hydrogens (tertiary/aromatic N) is 2. The molecule has 0 aromatic carbocycles. The molecule has 5 nitrogen and oxygen atoms in total. The summed E-state index contributed by atoms with van der Waals surface area (Å²) in [5.74, 6) is 0.128. The van der Waals surface area contributed by atoms with Gasteiger partial charge in [-0.05, 0) is 26.8 Å². The van der Waals surface area contributed by atoms with Gasteiger partial charge in [-0.25, -0.2) is 9.97 Å². The first-order valence-electron chi connectivity index (χ1n) is 6.55. The number of carbonyl (C=O) groups is 1. The molecule has 0 saturated carbocycles. The average molecular weight is 308 g/mol. The normalized spacial score (nSPS) is 18.4. The monoisotopic (exact) mass is 308 g/mol. The third-order valence-electron chi connectivity index (χ3n) is 3.30. The molecule has 3 heterocycles. The molecule has 3 rings (SSSR count). The number of nitrogens with one attached hydrogen (secondary N) is 2. The number of anilines is 1. The number of amides is 1. The van der Waals surface area contributed by atoms with Crippen molar-refractivity contribution in [3.05, 3.63) is 16.1 Å². The standard InChI is InChI=1S/C13H16N4OS2/c1-7-11(20-8(2)15-7)10-6-19-13(16-10)17-12(18)9-3-4-14-5-9/h6,9,14H,3-5H2,1-2H3,(H,16,17,18). The van der Waals surface area contributed by atoms with Crippen LogP contribution in [0.15, 0.2) is 5.38 Å². The number of carbonyl (C=O) groups excluding carboxylic acids is 1. The summed E-state index contributed by atoms with van der Waals surface area (Å²) in [6.07, 6.45) is 0.900. The molecule has 1 saturated heterocycles. The van der Waals surface area contributed by atoms with Gasteiger partial charge < -0.3 is 10.6 Å². The van der Waals surface area contributed by atoms with E-state index in [2.05, 4.69) is 20.6 Å². The minimum absolute atomic E-state index is 0.0631. The Hall–Kier alpha value is -1.31. The zero-order valence-corrected chi connectivity index (χ0v) is 13.0. The summed E-state index contributed by atoms with van der Waals surface area (Å²) in [5.41, 5.74) is 1.90. The molecule has 0 radical (unpaired) electrons. The van der Waals surface area contributed by atoms with E-state index in [1.807, 2.05) is 19.2 Å². The number of hydrogen-bond donors (Lipinski definition) is 2. The summed E-state index contributed by atoms with van der Waals surface area (Å²) < 4.78 is 0. The van der Waals surface area contributed by atoms with E-state index in [1.165, 1.54) is 11.3 Å². The van der Waals surface area contributed by atoms with Crippen LogP contribution in [0, 0.1) is 19.8 Å². The van der Waals surface area contributed by atoms with Crippen molar-refractivity contribution in [3.63, 3.8) is 0 Å². The van der Waals surface area contributed by atoms with Gasteiger partial charge in [0.25, 0.3) is 0 Å². The highest BCUT2D eigenvalue weighted by Gasteiger charge is 2.23. The molecule has 2 N–H and O–H groups in total. The SMILES string of the molecule is Cc1nc(C)c(-c2csc(NC(=O)C3CCNC3)n2)s1. The predicted octanol–water partition coefficient (Wildman–Crippen LogP) is 2.43. The fourth-order valence-corrected chi connectivity index (χ4v) is 3.95. The van der Waals surface area contributed by atoms with Gasteiger partial charge in [0.15, 0.2) is 5.13 Å². The number of aromatic nitrogens is 2. The minimum atomic E-state index is 0.0631. The summed E-state index contributed by atoms with van der Waals surface area (Å²) in [5, 5.41) is 9.79. The Morgan fingerprint density at radius 2 is 2.30 bits per heavy atom. The van der Waals surface area contributed by atoms with Crippen LogP contribution in [0.1, 0.15) is 17.1 Å². The van der Waals surface area contributed by atoms with Crippen LogP contribution in [-0.2, 0) is 4.79 Å². The van der Waals surface area contributed by atoms with Crippen molar-refractivity contribution >= 4 is 33.7 Å². The third kappa shape index (κ3) is 2.74. The predicted molar refractivity (Wildman–Crippen MR) is 82.3 cm³/mol. The third-order valence-corrected chi connectivity index (χ3v) is 5.15. The Morgan fingerprint density at radius 3 is 2.95 bits per heavy atom. The summed E-state index contributed by atoms with van der Waals surface area (Å²) >= 11 is 3.10. The molecular formula is C13H16N4OS2. The number of thiazole rings is 2. The van der Waals surface area contributed by atoms with Crippen molar-refractivity contribution in [1.29, 1.82) is 0 Å². The molecule has 1 unspecified atom stereocenters. The second-order valence-corrected chi connectivity index (χ2v) is 6.93. The molecule has 2 aromatic heterocycles. The van der Waals surface area contributed by atoms with Crippen molar-refractivity contribution in [2.45, 2.75) is 20.3 Å². The Balaban J connectivity index is 1.73. The molecule has 1 aliphatic rings. The maximum atomic E-state index is 12.0. The molecule has 0 bridgehead atoms. The highest BCUT2D eigenvalue weighted by molar-refractivity contribution is 7.16. The molecule has 106 valence electrons. The smallest absolute Gasteiger partial charge is 0.230 e. The van der Waals surface area contributed by atoms with Gasteiger partial charge in [0.2, 0.25) is 5.91 Å². The lowest BCUT2D eigenvalue weighted by atomic mass is 10.1. The van der Waals surface area contributed by atoms with Crippen molar-refractivity contribution < 1.29 is 4.79 Å². The first kappa shape index (κ1) is 13.7. The van der Waals surface area contributed by atoms with E-state index in [9.17, 15) is 4.79 Å². The Morgan fingerprint density at radius 1 is 1.45 bits per heavy atom. The second kappa shape index (κ2) is 5.59. The molecule has 0 aliphatic carbocycles. The van der Waals surface area contributed by atoms with Crippen molar-refractivity contribution in [3.8, 4) is 10.6 Å². The molecule has 1 fully saturated rings. The summed E-state index contributed by atoms with van der Waals surface area (Å²) in [6.45, 7) is 5.65. The minimum Gasteiger partial charge on any atom is -0.316 e. The van der Waals surface area contributed by atoms with E-state index in [0.29, 0.717) is 5.13 Å². The van der Waals surface area contributed by atoms with Gasteiger partial charge in [0.1, 0.15) is 0 Å². The number of aryl methyl sites for hydroxylation is 2. The summed E-state index contributed by atoms with van der Waals surface area (Å²) in [4.78, 5) is 22.0. The van der Waals surface area contributed by atoms with Gasteiger partial charge in [-0.15, -0.1) is 22.7 Å². The topological polar surface area (TPSA) is 66.9 Å². The van der Waals surface area contributed by atoms with E-state index >= 15 is 0 Å². The van der Waals surface area contributed by atoms with Crippen molar-refractivity contribution in [1.82, 2.24) is 15.3 Å². The maximum absolute atomic E-state index is 12.0. The first-order valence-corrected chi connectivity index (χ1v) is 8.24. The van der Waals surface area contributed by atoms with E-state index in [0.717, 1.165) is 40.8 Å². The van der Waals surface area contributed by atoms with Gasteiger partial charge >= 0.3 is 0 Å². The Bertz CT molecular complexity index is 628. The molecule has 2 aromatic rings. The number of rotatable bonds is 3. The highest BCUT2D eigenvalue weighted by atomic mass is 32.1. The first-order chi connectivity index (χ1) is 9.63. The van der Waals surface area contributed by atoms with Crippen LogP contribution < -0.4 is 10.6 Å². The zero-order chi connectivity index (χ0) is 14.1. The lowest BCUT2D eigenvalue weighted by Gasteiger charge is -2.06. The van der Waals surface area contributed by atoms with Crippen LogP contribution in [0.25, 0.3) is 10.6 Å². The quantitative estimate of drug-likeness (QED) is 0.914. The van der Waals surface area contributed by atoms with Crippen LogP contribution in [0.3, 0.4) is 0 Å². The van der Waals surface area contributed by atoms with Crippen molar-refractivity contribution in [2.24, 2.45) is 5.92 Å². The molecule has 0 spiro atoms. The summed E-state index contributed by atoms with van der Waals surface area (Å²) in [7, 11) is 0. The Kier molecular flexibility index (Phi) is 3.82. The lowest BCUT2D eigenvalue weighted by molar-refractivity contribution is -0.119. The number of hydrogen-bond acceptors (Lipinski definition) is 6. The van der Waals surface area contributed by atoms with E-state index in [-0.39, 0.29) is 11.8 Å². The van der Waals surface area contributed by atoms with Crippen LogP contribution in [-0.4, -0.2) is 29.0 Å². The molecule has 1 amide bonds. The summed E-state index contributed by atoms with van der Waals surface area (Å²) in [6, 6.07) is 0. The fourth-order valence-electron chi connectivity index (χ4n) is 2.29. The fraction of sp³-hybridized carbons (Fsp3) is 0.462. The van der Waals surface area contributed by atoms with Gasteiger partial charge in [0.05, 0.1) is 27.2 Å². The van der Waals surface area contributed by atoms with Crippen LogP contribution >= 0.6 is 22.7 Å². The van der Waals surface area contributed by atoms with Gasteiger partial charge in [0, 0.05) is 11.9 Å². The average Bonchev–Trinajstić information content (AvgIpc) is 3.10. The highest BCUT2D eigenvalue weighted by Crippen LogP contribution is 2.32. The van der Waals surface area contributed by atoms with Gasteiger partial charge in [-0.2, -0.15) is 0 Å². The van der Waals surface area contributed by atoms with Crippen LogP contribution in [0.5, 0.6) is 0 Å². The molecule has 20 heavy (non-hydrogen) atoms.